The first-order valence-electron chi connectivity index (χ1n) is 7.88. The van der Waals surface area contributed by atoms with Crippen LogP contribution in [0.4, 0.5) is 0 Å². The van der Waals surface area contributed by atoms with E-state index in [1.807, 2.05) is 33.8 Å². The van der Waals surface area contributed by atoms with E-state index in [4.69, 9.17) is 9.31 Å². The number of aliphatic hydroxyl groups excluding tert-OH is 1. The predicted molar refractivity (Wildman–Crippen MR) is 93.5 cm³/mol. The minimum Gasteiger partial charge on any atom is -0.400 e. The van der Waals surface area contributed by atoms with Crippen molar-refractivity contribution in [2.45, 2.75) is 38.9 Å². The molecule has 0 amide bonds. The maximum atomic E-state index is 11.9. The first-order valence-corrected chi connectivity index (χ1v) is 7.88. The first-order chi connectivity index (χ1) is 11.2. The molecule has 0 atom stereocenters. The Hall–Kier alpha value is -1.96. The normalized spacial score (nSPS) is 19.9. The second-order valence-electron chi connectivity index (χ2n) is 6.97. The number of benzene rings is 1. The van der Waals surface area contributed by atoms with Crippen LogP contribution >= 0.6 is 0 Å². The van der Waals surface area contributed by atoms with E-state index in [0.29, 0.717) is 16.4 Å². The van der Waals surface area contributed by atoms with Crippen molar-refractivity contribution in [2.75, 3.05) is 6.61 Å². The molecule has 0 radical (unpaired) electrons. The Morgan fingerprint density at radius 3 is 2.58 bits per heavy atom. The second-order valence-corrected chi connectivity index (χ2v) is 6.97. The van der Waals surface area contributed by atoms with Crippen molar-refractivity contribution in [1.29, 1.82) is 0 Å². The highest BCUT2D eigenvalue weighted by molar-refractivity contribution is 6.55. The van der Waals surface area contributed by atoms with Gasteiger partial charge in [0.25, 0.3) is 5.56 Å². The summed E-state index contributed by atoms with van der Waals surface area (Å²) in [4.78, 5) is 18.6. The van der Waals surface area contributed by atoms with Crippen molar-refractivity contribution in [1.82, 2.24) is 9.97 Å². The van der Waals surface area contributed by atoms with Crippen LogP contribution in [0.25, 0.3) is 17.0 Å². The Balaban J connectivity index is 1.97. The summed E-state index contributed by atoms with van der Waals surface area (Å²) in [5, 5.41) is 10.2. The number of fused-ring (bicyclic) bond motifs is 1. The maximum absolute atomic E-state index is 11.9. The lowest BCUT2D eigenvalue weighted by atomic mass is 9.77. The summed E-state index contributed by atoms with van der Waals surface area (Å²) in [6.07, 6.45) is 3.16. The second kappa shape index (κ2) is 5.84. The zero-order valence-electron chi connectivity index (χ0n) is 14.3. The highest BCUT2D eigenvalue weighted by Gasteiger charge is 2.52. The largest absolute Gasteiger partial charge is 0.492 e. The van der Waals surface area contributed by atoms with E-state index in [9.17, 15) is 9.90 Å². The molecule has 1 aliphatic rings. The third kappa shape index (κ3) is 2.90. The van der Waals surface area contributed by atoms with Gasteiger partial charge >= 0.3 is 7.12 Å². The maximum Gasteiger partial charge on any atom is 0.492 e. The van der Waals surface area contributed by atoms with E-state index in [2.05, 4.69) is 9.97 Å². The van der Waals surface area contributed by atoms with Gasteiger partial charge in [-0.3, -0.25) is 4.79 Å². The van der Waals surface area contributed by atoms with E-state index >= 15 is 0 Å². The van der Waals surface area contributed by atoms with E-state index in [1.54, 1.807) is 18.2 Å². The fourth-order valence-corrected chi connectivity index (χ4v) is 2.57. The molecule has 0 bridgehead atoms. The van der Waals surface area contributed by atoms with Crippen molar-refractivity contribution in [3.63, 3.8) is 0 Å². The molecule has 7 heteroatoms. The van der Waals surface area contributed by atoms with Crippen LogP contribution in [0, 0.1) is 0 Å². The molecule has 0 unspecified atom stereocenters. The van der Waals surface area contributed by atoms with Crippen molar-refractivity contribution in [2.24, 2.45) is 0 Å². The molecule has 0 saturated carbocycles. The monoisotopic (exact) mass is 328 g/mol. The van der Waals surface area contributed by atoms with Crippen LogP contribution in [0.5, 0.6) is 0 Å². The summed E-state index contributed by atoms with van der Waals surface area (Å²) in [6.45, 7) is 7.65. The number of nitrogens with one attached hydrogen (secondary N) is 1. The third-order valence-electron chi connectivity index (χ3n) is 4.76. The van der Waals surface area contributed by atoms with Crippen LogP contribution in [0.3, 0.4) is 0 Å². The molecule has 0 aliphatic carbocycles. The zero-order chi connectivity index (χ0) is 17.5. The van der Waals surface area contributed by atoms with Crippen LogP contribution in [-0.2, 0) is 9.31 Å². The minimum absolute atomic E-state index is 0.196. The molecule has 2 aromatic rings. The number of nitrogens with zero attached hydrogens (tertiary/aromatic N) is 1. The SMILES string of the molecule is CC1(C)OB(C(=Cc2ccc3nc[nH]c(=O)c3c2)CO)OC1(C)C. The number of hydrogen-bond acceptors (Lipinski definition) is 5. The smallest absolute Gasteiger partial charge is 0.400 e. The molecule has 2 N–H and O–H groups in total. The Morgan fingerprint density at radius 1 is 1.29 bits per heavy atom. The van der Waals surface area contributed by atoms with Crippen LogP contribution in [0.2, 0.25) is 0 Å². The molecule has 1 aliphatic heterocycles. The summed E-state index contributed by atoms with van der Waals surface area (Å²) in [5.41, 5.74) is 0.855. The molecule has 1 fully saturated rings. The number of aliphatic hydroxyl groups is 1. The van der Waals surface area contributed by atoms with Gasteiger partial charge in [-0.25, -0.2) is 4.98 Å². The van der Waals surface area contributed by atoms with Crippen molar-refractivity contribution >= 4 is 24.1 Å². The molecule has 1 aromatic heterocycles. The van der Waals surface area contributed by atoms with Crippen molar-refractivity contribution in [3.05, 3.63) is 45.9 Å². The van der Waals surface area contributed by atoms with Crippen molar-refractivity contribution in [3.8, 4) is 0 Å². The Labute approximate surface area is 140 Å². The van der Waals surface area contributed by atoms with E-state index in [1.165, 1.54) is 6.33 Å². The Morgan fingerprint density at radius 2 is 1.96 bits per heavy atom. The highest BCUT2D eigenvalue weighted by Crippen LogP contribution is 2.38. The fourth-order valence-electron chi connectivity index (χ4n) is 2.57. The average Bonchev–Trinajstić information content (AvgIpc) is 2.73. The molecule has 6 nitrogen and oxygen atoms in total. The molecule has 126 valence electrons. The van der Waals surface area contributed by atoms with Gasteiger partial charge < -0.3 is 19.4 Å². The lowest BCUT2D eigenvalue weighted by Crippen LogP contribution is -2.41. The van der Waals surface area contributed by atoms with Crippen LogP contribution < -0.4 is 5.56 Å². The van der Waals surface area contributed by atoms with Gasteiger partial charge in [0.15, 0.2) is 0 Å². The average molecular weight is 328 g/mol. The van der Waals surface area contributed by atoms with Gasteiger partial charge in [-0.1, -0.05) is 12.1 Å². The number of hydrogen-bond donors (Lipinski definition) is 2. The number of aromatic nitrogens is 2. The van der Waals surface area contributed by atoms with Gasteiger partial charge in [-0.15, -0.1) is 0 Å². The zero-order valence-corrected chi connectivity index (χ0v) is 14.3. The first kappa shape index (κ1) is 16.9. The van der Waals surface area contributed by atoms with Gasteiger partial charge in [0.05, 0.1) is 35.0 Å². The topological polar surface area (TPSA) is 84.4 Å². The standard InChI is InChI=1S/C17H21BN2O4/c1-16(2)17(3,4)24-18(23-16)12(9-21)7-11-5-6-14-13(8-11)15(22)20-10-19-14/h5-8,10,21H,9H2,1-4H3,(H,19,20,22). The fraction of sp³-hybridized carbons (Fsp3) is 0.412. The summed E-state index contributed by atoms with van der Waals surface area (Å²) in [6, 6.07) is 5.35. The summed E-state index contributed by atoms with van der Waals surface area (Å²) in [5.74, 6) is 0. The van der Waals surface area contributed by atoms with E-state index in [0.717, 1.165) is 5.56 Å². The highest BCUT2D eigenvalue weighted by atomic mass is 16.7. The summed E-state index contributed by atoms with van der Waals surface area (Å²) >= 11 is 0. The Bertz CT molecular complexity index is 841. The van der Waals surface area contributed by atoms with Gasteiger partial charge in [0, 0.05) is 0 Å². The summed E-state index contributed by atoms with van der Waals surface area (Å²) in [7, 11) is -0.622. The number of rotatable bonds is 3. The molecule has 0 spiro atoms. The van der Waals surface area contributed by atoms with Gasteiger partial charge in [0.2, 0.25) is 0 Å². The Kier molecular flexibility index (Phi) is 4.11. The molecule has 2 heterocycles. The molecular formula is C17H21BN2O4. The van der Waals surface area contributed by atoms with Crippen LogP contribution in [0.15, 0.2) is 34.8 Å². The van der Waals surface area contributed by atoms with Gasteiger partial charge in [-0.05, 0) is 50.9 Å². The number of H-pyrrole nitrogens is 1. The third-order valence-corrected chi connectivity index (χ3v) is 4.76. The number of aromatic amines is 1. The quantitative estimate of drug-likeness (QED) is 0.841. The van der Waals surface area contributed by atoms with Crippen LogP contribution in [0.1, 0.15) is 33.3 Å². The lowest BCUT2D eigenvalue weighted by Gasteiger charge is -2.32. The molecule has 24 heavy (non-hydrogen) atoms. The molecule has 3 rings (SSSR count). The predicted octanol–water partition coefficient (Wildman–Crippen LogP) is 1.93. The molecular weight excluding hydrogens is 307 g/mol. The van der Waals surface area contributed by atoms with Crippen LogP contribution in [-0.4, -0.2) is 40.0 Å². The van der Waals surface area contributed by atoms with Gasteiger partial charge in [-0.2, -0.15) is 0 Å². The molecule has 1 aromatic carbocycles. The molecule has 1 saturated heterocycles. The van der Waals surface area contributed by atoms with Crippen molar-refractivity contribution < 1.29 is 14.4 Å². The van der Waals surface area contributed by atoms with Gasteiger partial charge in [0.1, 0.15) is 0 Å². The minimum atomic E-state index is -0.622. The van der Waals surface area contributed by atoms with E-state index in [-0.39, 0.29) is 12.2 Å². The lowest BCUT2D eigenvalue weighted by molar-refractivity contribution is 0.00578. The van der Waals surface area contributed by atoms with E-state index < -0.39 is 18.3 Å². The summed E-state index contributed by atoms with van der Waals surface area (Å²) < 4.78 is 11.9.